The number of nitrogens with zero attached hydrogens (tertiary/aromatic N) is 5. The normalized spacial score (nSPS) is 16.8. The topological polar surface area (TPSA) is 45.2 Å². The molecule has 0 bridgehead atoms. The van der Waals surface area contributed by atoms with Gasteiger partial charge in [0.15, 0.2) is 5.82 Å². The second-order valence-electron chi connectivity index (χ2n) is 4.50. The minimum absolute atomic E-state index is 0.750. The lowest BCUT2D eigenvalue weighted by molar-refractivity contribution is 0.311. The van der Waals surface area contributed by atoms with Crippen molar-refractivity contribution in [3.63, 3.8) is 0 Å². The highest BCUT2D eigenvalue weighted by atomic mass is 79.9. The van der Waals surface area contributed by atoms with Gasteiger partial charge in [0.2, 0.25) is 5.95 Å². The maximum atomic E-state index is 4.58. The zero-order chi connectivity index (χ0) is 13.2. The average Bonchev–Trinajstić information content (AvgIpc) is 2.86. The summed E-state index contributed by atoms with van der Waals surface area (Å²) in [5.41, 5.74) is 0. The summed E-state index contributed by atoms with van der Waals surface area (Å²) < 4.78 is 1.09. The molecule has 2 aromatic rings. The van der Waals surface area contributed by atoms with Crippen LogP contribution in [-0.4, -0.2) is 53.1 Å². The molecular formula is C12H14BrN5S. The van der Waals surface area contributed by atoms with Gasteiger partial charge in [-0.3, -0.25) is 0 Å². The Morgan fingerprint density at radius 3 is 2.63 bits per heavy atom. The molecule has 2 aromatic heterocycles. The van der Waals surface area contributed by atoms with E-state index >= 15 is 0 Å². The quantitative estimate of drug-likeness (QED) is 0.838. The number of hydrogen-bond acceptors (Lipinski definition) is 6. The number of halogens is 1. The molecule has 19 heavy (non-hydrogen) atoms. The molecule has 3 rings (SSSR count). The van der Waals surface area contributed by atoms with E-state index in [4.69, 9.17) is 0 Å². The van der Waals surface area contributed by atoms with Crippen molar-refractivity contribution in [2.45, 2.75) is 0 Å². The molecule has 1 aliphatic rings. The van der Waals surface area contributed by atoms with Crippen LogP contribution in [0.3, 0.4) is 0 Å². The SMILES string of the molecule is CN1CCN(c2ncnc(-c3ccc(Br)s3)n2)CC1. The fourth-order valence-corrected chi connectivity index (χ4v) is 3.33. The molecule has 0 unspecified atom stereocenters. The largest absolute Gasteiger partial charge is 0.338 e. The fraction of sp³-hybridized carbons (Fsp3) is 0.417. The van der Waals surface area contributed by atoms with E-state index in [2.05, 4.69) is 47.7 Å². The first-order valence-electron chi connectivity index (χ1n) is 6.10. The zero-order valence-corrected chi connectivity index (χ0v) is 13.0. The number of anilines is 1. The zero-order valence-electron chi connectivity index (χ0n) is 10.6. The van der Waals surface area contributed by atoms with Crippen LogP contribution < -0.4 is 4.90 Å². The van der Waals surface area contributed by atoms with Crippen LogP contribution in [0.1, 0.15) is 0 Å². The maximum absolute atomic E-state index is 4.58. The molecule has 7 heteroatoms. The van der Waals surface area contributed by atoms with Gasteiger partial charge in [-0.1, -0.05) is 0 Å². The van der Waals surface area contributed by atoms with E-state index in [9.17, 15) is 0 Å². The summed E-state index contributed by atoms with van der Waals surface area (Å²) in [5.74, 6) is 1.53. The first kappa shape index (κ1) is 13.0. The van der Waals surface area contributed by atoms with Crippen LogP contribution >= 0.6 is 27.3 Å². The van der Waals surface area contributed by atoms with Crippen molar-refractivity contribution in [2.24, 2.45) is 0 Å². The summed E-state index contributed by atoms with van der Waals surface area (Å²) in [5, 5.41) is 0. The molecule has 0 spiro atoms. The van der Waals surface area contributed by atoms with Gasteiger partial charge in [0.05, 0.1) is 8.66 Å². The van der Waals surface area contributed by atoms with Crippen LogP contribution in [0.25, 0.3) is 10.7 Å². The Kier molecular flexibility index (Phi) is 3.76. The minimum Gasteiger partial charge on any atom is -0.338 e. The van der Waals surface area contributed by atoms with Crippen LogP contribution in [0, 0.1) is 0 Å². The molecule has 1 fully saturated rings. The highest BCUT2D eigenvalue weighted by Crippen LogP contribution is 2.29. The first-order valence-corrected chi connectivity index (χ1v) is 7.71. The van der Waals surface area contributed by atoms with Crippen LogP contribution in [0.5, 0.6) is 0 Å². The Morgan fingerprint density at radius 1 is 1.16 bits per heavy atom. The van der Waals surface area contributed by atoms with Gasteiger partial charge in [-0.25, -0.2) is 9.97 Å². The van der Waals surface area contributed by atoms with Gasteiger partial charge in [-0.05, 0) is 35.1 Å². The third-order valence-corrected chi connectivity index (χ3v) is 4.76. The van der Waals surface area contributed by atoms with Crippen molar-refractivity contribution in [1.82, 2.24) is 19.9 Å². The van der Waals surface area contributed by atoms with Crippen molar-refractivity contribution in [1.29, 1.82) is 0 Å². The van der Waals surface area contributed by atoms with Crippen LogP contribution in [0.2, 0.25) is 0 Å². The lowest BCUT2D eigenvalue weighted by atomic mass is 10.3. The molecule has 3 heterocycles. The molecule has 0 amide bonds. The molecule has 0 N–H and O–H groups in total. The van der Waals surface area contributed by atoms with E-state index in [1.54, 1.807) is 17.7 Å². The van der Waals surface area contributed by atoms with E-state index in [0.29, 0.717) is 0 Å². The molecule has 0 saturated carbocycles. The number of thiophene rings is 1. The molecule has 0 aliphatic carbocycles. The van der Waals surface area contributed by atoms with E-state index in [1.807, 2.05) is 12.1 Å². The Bertz CT molecular complexity index is 565. The molecule has 1 saturated heterocycles. The smallest absolute Gasteiger partial charge is 0.229 e. The summed E-state index contributed by atoms with van der Waals surface area (Å²) in [4.78, 5) is 18.7. The lowest BCUT2D eigenvalue weighted by Gasteiger charge is -2.32. The molecule has 0 radical (unpaired) electrons. The monoisotopic (exact) mass is 339 g/mol. The van der Waals surface area contributed by atoms with Crippen LogP contribution in [0.15, 0.2) is 22.2 Å². The summed E-state index contributed by atoms with van der Waals surface area (Å²) >= 11 is 5.10. The van der Waals surface area contributed by atoms with Crippen molar-refractivity contribution in [3.05, 3.63) is 22.2 Å². The summed E-state index contributed by atoms with van der Waals surface area (Å²) in [6.07, 6.45) is 1.60. The van der Waals surface area contributed by atoms with E-state index in [-0.39, 0.29) is 0 Å². The fourth-order valence-electron chi connectivity index (χ4n) is 2.00. The van der Waals surface area contributed by atoms with E-state index < -0.39 is 0 Å². The number of rotatable bonds is 2. The predicted octanol–water partition coefficient (Wildman–Crippen LogP) is 2.11. The molecule has 0 atom stereocenters. The summed E-state index contributed by atoms with van der Waals surface area (Å²) in [6, 6.07) is 4.04. The number of likely N-dealkylation sites (N-methyl/N-ethyl adjacent to an activating group) is 1. The molecule has 0 aromatic carbocycles. The van der Waals surface area contributed by atoms with Crippen LogP contribution in [0.4, 0.5) is 5.95 Å². The third kappa shape index (κ3) is 2.93. The highest BCUT2D eigenvalue weighted by Gasteiger charge is 2.17. The Balaban J connectivity index is 1.84. The minimum atomic E-state index is 0.750. The molecule has 1 aliphatic heterocycles. The number of hydrogen-bond donors (Lipinski definition) is 0. The standard InChI is InChI=1S/C12H14BrN5S/c1-17-4-6-18(7-5-17)12-15-8-14-11(16-12)9-2-3-10(13)19-9/h2-3,8H,4-7H2,1H3. The first-order chi connectivity index (χ1) is 9.22. The van der Waals surface area contributed by atoms with E-state index in [0.717, 1.165) is 46.6 Å². The Morgan fingerprint density at radius 2 is 1.95 bits per heavy atom. The van der Waals surface area contributed by atoms with Crippen molar-refractivity contribution in [3.8, 4) is 10.7 Å². The van der Waals surface area contributed by atoms with Crippen molar-refractivity contribution < 1.29 is 0 Å². The van der Waals surface area contributed by atoms with Gasteiger partial charge in [0.1, 0.15) is 6.33 Å². The van der Waals surface area contributed by atoms with Gasteiger partial charge in [-0.15, -0.1) is 11.3 Å². The Hall–Kier alpha value is -1.05. The summed E-state index contributed by atoms with van der Waals surface area (Å²) in [7, 11) is 2.14. The lowest BCUT2D eigenvalue weighted by Crippen LogP contribution is -2.45. The molecular weight excluding hydrogens is 326 g/mol. The van der Waals surface area contributed by atoms with Gasteiger partial charge in [0, 0.05) is 26.2 Å². The maximum Gasteiger partial charge on any atom is 0.229 e. The van der Waals surface area contributed by atoms with Gasteiger partial charge >= 0.3 is 0 Å². The average molecular weight is 340 g/mol. The second kappa shape index (κ2) is 5.52. The van der Waals surface area contributed by atoms with Gasteiger partial charge < -0.3 is 9.80 Å². The summed E-state index contributed by atoms with van der Waals surface area (Å²) in [6.45, 7) is 4.03. The van der Waals surface area contributed by atoms with Crippen molar-refractivity contribution in [2.75, 3.05) is 38.1 Å². The molecule has 5 nitrogen and oxygen atoms in total. The Labute approximate surface area is 124 Å². The second-order valence-corrected chi connectivity index (χ2v) is 6.97. The van der Waals surface area contributed by atoms with Gasteiger partial charge in [-0.2, -0.15) is 4.98 Å². The molecule has 100 valence electrons. The van der Waals surface area contributed by atoms with Gasteiger partial charge in [0.25, 0.3) is 0 Å². The number of piperazine rings is 1. The van der Waals surface area contributed by atoms with Crippen LogP contribution in [-0.2, 0) is 0 Å². The third-order valence-electron chi connectivity index (χ3n) is 3.14. The van der Waals surface area contributed by atoms with Crippen molar-refractivity contribution >= 4 is 33.2 Å². The highest BCUT2D eigenvalue weighted by molar-refractivity contribution is 9.11. The number of aromatic nitrogens is 3. The predicted molar refractivity (Wildman–Crippen MR) is 80.6 cm³/mol. The van der Waals surface area contributed by atoms with E-state index in [1.165, 1.54) is 0 Å².